The molecule has 0 aliphatic carbocycles. The van der Waals surface area contributed by atoms with Gasteiger partial charge in [-0.05, 0) is 31.2 Å². The van der Waals surface area contributed by atoms with E-state index in [0.717, 1.165) is 5.56 Å². The van der Waals surface area contributed by atoms with Gasteiger partial charge in [0, 0.05) is 19.3 Å². The van der Waals surface area contributed by atoms with Crippen molar-refractivity contribution in [2.75, 3.05) is 31.2 Å². The van der Waals surface area contributed by atoms with Crippen molar-refractivity contribution in [1.82, 2.24) is 14.2 Å². The summed E-state index contributed by atoms with van der Waals surface area (Å²) >= 11 is 0. The van der Waals surface area contributed by atoms with E-state index in [4.69, 9.17) is 4.74 Å². The normalized spacial score (nSPS) is 15.0. The number of fused-ring (bicyclic) bond motifs is 1. The molecule has 4 rings (SSSR count). The van der Waals surface area contributed by atoms with Crippen LogP contribution in [0.3, 0.4) is 0 Å². The predicted octanol–water partition coefficient (Wildman–Crippen LogP) is 1.15. The van der Waals surface area contributed by atoms with Crippen molar-refractivity contribution < 1.29 is 13.2 Å². The Morgan fingerprint density at radius 2 is 1.87 bits per heavy atom. The highest BCUT2D eigenvalue weighted by Gasteiger charge is 2.20. The monoisotopic (exact) mass is 427 g/mol. The Kier molecular flexibility index (Phi) is 5.51. The molecule has 1 aliphatic heterocycles. The first-order valence-corrected chi connectivity index (χ1v) is 10.9. The number of nitrogens with zero attached hydrogens (tertiary/aromatic N) is 4. The van der Waals surface area contributed by atoms with Crippen molar-refractivity contribution in [3.05, 3.63) is 70.1 Å². The fourth-order valence-electron chi connectivity index (χ4n) is 3.15. The summed E-state index contributed by atoms with van der Waals surface area (Å²) in [7, 11) is -3.85. The first-order chi connectivity index (χ1) is 14.5. The number of morpholine rings is 1. The van der Waals surface area contributed by atoms with Gasteiger partial charge in [-0.15, -0.1) is 0 Å². The number of aryl methyl sites for hydroxylation is 1. The van der Waals surface area contributed by atoms with E-state index in [1.54, 1.807) is 36.5 Å². The highest BCUT2D eigenvalue weighted by Crippen LogP contribution is 2.16. The van der Waals surface area contributed by atoms with Crippen LogP contribution in [-0.2, 0) is 14.8 Å². The molecule has 30 heavy (non-hydrogen) atoms. The van der Waals surface area contributed by atoms with Gasteiger partial charge in [0.2, 0.25) is 0 Å². The summed E-state index contributed by atoms with van der Waals surface area (Å²) in [5.74, 6) is 0.452. The maximum absolute atomic E-state index is 13.1. The third kappa shape index (κ3) is 4.05. The molecule has 3 heterocycles. The average molecular weight is 427 g/mol. The lowest BCUT2D eigenvalue weighted by molar-refractivity contribution is 0.122. The molecule has 1 aliphatic rings. The summed E-state index contributed by atoms with van der Waals surface area (Å²) in [6.07, 6.45) is 2.83. The van der Waals surface area contributed by atoms with Gasteiger partial charge in [-0.1, -0.05) is 23.8 Å². The minimum atomic E-state index is -3.85. The lowest BCUT2D eigenvalue weighted by Gasteiger charge is -2.28. The van der Waals surface area contributed by atoms with Crippen LogP contribution in [0.4, 0.5) is 5.82 Å². The number of ether oxygens (including phenoxy) is 1. The van der Waals surface area contributed by atoms with Crippen molar-refractivity contribution >= 4 is 27.7 Å². The topological polar surface area (TPSA) is 105 Å². The fourth-order valence-corrected chi connectivity index (χ4v) is 3.94. The third-order valence-electron chi connectivity index (χ3n) is 4.76. The Hall–Kier alpha value is -3.24. The van der Waals surface area contributed by atoms with Gasteiger partial charge in [-0.3, -0.25) is 9.20 Å². The van der Waals surface area contributed by atoms with E-state index < -0.39 is 10.0 Å². The van der Waals surface area contributed by atoms with Crippen LogP contribution < -0.4 is 15.3 Å². The number of rotatable bonds is 5. The summed E-state index contributed by atoms with van der Waals surface area (Å²) in [5, 5.41) is 3.86. The van der Waals surface area contributed by atoms with Crippen LogP contribution in [0.5, 0.6) is 0 Å². The second-order valence-corrected chi connectivity index (χ2v) is 8.51. The minimum Gasteiger partial charge on any atom is -0.378 e. The van der Waals surface area contributed by atoms with E-state index in [9.17, 15) is 13.2 Å². The second-order valence-electron chi connectivity index (χ2n) is 6.85. The van der Waals surface area contributed by atoms with Gasteiger partial charge in [-0.25, -0.2) is 9.82 Å². The maximum atomic E-state index is 13.1. The Morgan fingerprint density at radius 1 is 1.13 bits per heavy atom. The minimum absolute atomic E-state index is 0.0898. The van der Waals surface area contributed by atoms with E-state index in [1.165, 1.54) is 22.7 Å². The van der Waals surface area contributed by atoms with E-state index >= 15 is 0 Å². The average Bonchev–Trinajstić information content (AvgIpc) is 2.76. The number of hydrazone groups is 1. The molecule has 0 radical (unpaired) electrons. The molecule has 1 saturated heterocycles. The Balaban J connectivity index is 1.71. The molecule has 0 saturated carbocycles. The van der Waals surface area contributed by atoms with Crippen LogP contribution in [-0.4, -0.2) is 50.3 Å². The number of sulfonamides is 1. The van der Waals surface area contributed by atoms with E-state index in [0.29, 0.717) is 37.8 Å². The van der Waals surface area contributed by atoms with Crippen molar-refractivity contribution in [3.63, 3.8) is 0 Å². The number of pyridine rings is 1. The van der Waals surface area contributed by atoms with Gasteiger partial charge in [-0.2, -0.15) is 13.5 Å². The Labute approximate surface area is 173 Å². The number of benzene rings is 1. The van der Waals surface area contributed by atoms with Crippen molar-refractivity contribution in [2.24, 2.45) is 5.10 Å². The van der Waals surface area contributed by atoms with Gasteiger partial charge in [0.25, 0.3) is 15.6 Å². The molecule has 0 amide bonds. The first kappa shape index (κ1) is 20.0. The molecular formula is C20H21N5O4S. The number of hydrogen-bond donors (Lipinski definition) is 1. The molecule has 10 heteroatoms. The molecule has 9 nitrogen and oxygen atoms in total. The molecule has 0 spiro atoms. The number of aromatic nitrogens is 2. The summed E-state index contributed by atoms with van der Waals surface area (Å²) in [6.45, 7) is 4.06. The highest BCUT2D eigenvalue weighted by atomic mass is 32.2. The third-order valence-corrected chi connectivity index (χ3v) is 6.00. The standard InChI is InChI=1S/C20H21N5O4S/c1-15-5-7-16(8-6-15)30(27,28)23-21-14-17-19(24-10-12-29-13-11-24)22-18-4-2-3-9-25(18)20(17)26/h2-9,14,23H,10-13H2,1H3/b21-14-. The van der Waals surface area contributed by atoms with Crippen LogP contribution >= 0.6 is 0 Å². The Bertz CT molecular complexity index is 1250. The first-order valence-electron chi connectivity index (χ1n) is 9.41. The van der Waals surface area contributed by atoms with Gasteiger partial charge in [0.05, 0.1) is 24.3 Å². The smallest absolute Gasteiger partial charge is 0.276 e. The fraction of sp³-hybridized carbons (Fsp3) is 0.250. The summed E-state index contributed by atoms with van der Waals surface area (Å²) in [4.78, 5) is 21.9. The quantitative estimate of drug-likeness (QED) is 0.484. The summed E-state index contributed by atoms with van der Waals surface area (Å²) in [6, 6.07) is 11.7. The SMILES string of the molecule is Cc1ccc(S(=O)(=O)N/N=C\c2c(N3CCOCC3)nc3ccccn3c2=O)cc1. The summed E-state index contributed by atoms with van der Waals surface area (Å²) in [5.41, 5.74) is 1.32. The van der Waals surface area contributed by atoms with E-state index in [-0.39, 0.29) is 16.0 Å². The maximum Gasteiger partial charge on any atom is 0.276 e. The van der Waals surface area contributed by atoms with Gasteiger partial charge < -0.3 is 9.64 Å². The predicted molar refractivity (Wildman–Crippen MR) is 114 cm³/mol. The largest absolute Gasteiger partial charge is 0.378 e. The van der Waals surface area contributed by atoms with E-state index in [2.05, 4.69) is 14.9 Å². The van der Waals surface area contributed by atoms with Crippen LogP contribution in [0.25, 0.3) is 5.65 Å². The van der Waals surface area contributed by atoms with Gasteiger partial charge in [0.1, 0.15) is 17.0 Å². The molecule has 1 fully saturated rings. The lowest BCUT2D eigenvalue weighted by Crippen LogP contribution is -2.39. The molecule has 0 atom stereocenters. The molecule has 3 aromatic rings. The van der Waals surface area contributed by atoms with Crippen LogP contribution in [0.15, 0.2) is 63.5 Å². The highest BCUT2D eigenvalue weighted by molar-refractivity contribution is 7.89. The zero-order chi connectivity index (χ0) is 21.1. The second kappa shape index (κ2) is 8.25. The van der Waals surface area contributed by atoms with Crippen LogP contribution in [0, 0.1) is 6.92 Å². The lowest BCUT2D eigenvalue weighted by atomic mass is 10.2. The van der Waals surface area contributed by atoms with Crippen LogP contribution in [0.1, 0.15) is 11.1 Å². The van der Waals surface area contributed by atoms with E-state index in [1.807, 2.05) is 11.8 Å². The number of nitrogens with one attached hydrogen (secondary N) is 1. The molecule has 2 aromatic heterocycles. The molecule has 1 aromatic carbocycles. The zero-order valence-electron chi connectivity index (χ0n) is 16.4. The number of anilines is 1. The molecule has 0 unspecified atom stereocenters. The molecule has 156 valence electrons. The molecule has 0 bridgehead atoms. The molecular weight excluding hydrogens is 406 g/mol. The number of hydrogen-bond acceptors (Lipinski definition) is 7. The van der Waals surface area contributed by atoms with Crippen molar-refractivity contribution in [1.29, 1.82) is 0 Å². The van der Waals surface area contributed by atoms with Gasteiger partial charge >= 0.3 is 0 Å². The van der Waals surface area contributed by atoms with Crippen molar-refractivity contribution in [2.45, 2.75) is 11.8 Å². The van der Waals surface area contributed by atoms with Crippen LogP contribution in [0.2, 0.25) is 0 Å². The van der Waals surface area contributed by atoms with Gasteiger partial charge in [0.15, 0.2) is 0 Å². The zero-order valence-corrected chi connectivity index (χ0v) is 17.2. The Morgan fingerprint density at radius 3 is 2.60 bits per heavy atom. The molecule has 1 N–H and O–H groups in total. The van der Waals surface area contributed by atoms with Crippen molar-refractivity contribution in [3.8, 4) is 0 Å². The summed E-state index contributed by atoms with van der Waals surface area (Å²) < 4.78 is 31.7.